The standard InChI is InChI=1S/C24H20ClN3O/c1-16-20(25)14-9-15-21(16)26-17(2)22-23(18-10-5-3-6-11-18)27-28(24(22)29)19-12-7-4-8-13-19/h3-15,27H,1-2H3. The Morgan fingerprint density at radius 2 is 1.59 bits per heavy atom. The van der Waals surface area contributed by atoms with Crippen LogP contribution in [0, 0.1) is 6.92 Å². The Balaban J connectivity index is 1.94. The average Bonchev–Trinajstić information content (AvgIpc) is 3.10. The first-order chi connectivity index (χ1) is 14.1. The summed E-state index contributed by atoms with van der Waals surface area (Å²) in [6.45, 7) is 3.78. The van der Waals surface area contributed by atoms with Gasteiger partial charge in [0.05, 0.1) is 28.3 Å². The van der Waals surface area contributed by atoms with E-state index < -0.39 is 0 Å². The van der Waals surface area contributed by atoms with Gasteiger partial charge in [0.2, 0.25) is 0 Å². The molecule has 0 fully saturated rings. The molecular weight excluding hydrogens is 382 g/mol. The van der Waals surface area contributed by atoms with Crippen LogP contribution in [0.15, 0.2) is 88.6 Å². The normalized spacial score (nSPS) is 11.6. The summed E-state index contributed by atoms with van der Waals surface area (Å²) in [6, 6.07) is 24.9. The van der Waals surface area contributed by atoms with Crippen molar-refractivity contribution in [3.05, 3.63) is 105 Å². The number of nitrogens with one attached hydrogen (secondary N) is 1. The van der Waals surface area contributed by atoms with Crippen molar-refractivity contribution in [2.45, 2.75) is 13.8 Å². The van der Waals surface area contributed by atoms with Gasteiger partial charge in [0, 0.05) is 10.6 Å². The van der Waals surface area contributed by atoms with E-state index in [-0.39, 0.29) is 5.56 Å². The Morgan fingerprint density at radius 3 is 2.28 bits per heavy atom. The summed E-state index contributed by atoms with van der Waals surface area (Å²) >= 11 is 6.24. The van der Waals surface area contributed by atoms with Gasteiger partial charge in [0.1, 0.15) is 0 Å². The number of rotatable bonds is 4. The van der Waals surface area contributed by atoms with Crippen LogP contribution < -0.4 is 5.56 Å². The van der Waals surface area contributed by atoms with Gasteiger partial charge < -0.3 is 0 Å². The van der Waals surface area contributed by atoms with Crippen LogP contribution >= 0.6 is 11.6 Å². The van der Waals surface area contributed by atoms with E-state index in [9.17, 15) is 4.79 Å². The maximum absolute atomic E-state index is 13.4. The van der Waals surface area contributed by atoms with Crippen LogP contribution in [0.5, 0.6) is 0 Å². The van der Waals surface area contributed by atoms with Gasteiger partial charge in [-0.2, -0.15) is 0 Å². The molecule has 0 bridgehead atoms. The van der Waals surface area contributed by atoms with Crippen LogP contribution in [-0.4, -0.2) is 15.5 Å². The third-order valence-electron chi connectivity index (χ3n) is 4.86. The van der Waals surface area contributed by atoms with Crippen LogP contribution in [0.2, 0.25) is 5.02 Å². The molecule has 4 aromatic rings. The molecule has 4 nitrogen and oxygen atoms in total. The number of H-pyrrole nitrogens is 1. The minimum absolute atomic E-state index is 0.143. The molecule has 0 radical (unpaired) electrons. The van der Waals surface area contributed by atoms with E-state index in [2.05, 4.69) is 5.10 Å². The molecule has 0 saturated carbocycles. The Kier molecular flexibility index (Phi) is 5.19. The number of aromatic amines is 1. The van der Waals surface area contributed by atoms with Crippen molar-refractivity contribution in [3.8, 4) is 16.9 Å². The lowest BCUT2D eigenvalue weighted by atomic mass is 10.1. The van der Waals surface area contributed by atoms with Crippen molar-refractivity contribution in [2.75, 3.05) is 0 Å². The Morgan fingerprint density at radius 1 is 0.931 bits per heavy atom. The molecule has 29 heavy (non-hydrogen) atoms. The zero-order valence-electron chi connectivity index (χ0n) is 16.2. The summed E-state index contributed by atoms with van der Waals surface area (Å²) in [5, 5.41) is 3.92. The maximum Gasteiger partial charge on any atom is 0.280 e. The molecule has 5 heteroatoms. The molecule has 0 amide bonds. The van der Waals surface area contributed by atoms with Gasteiger partial charge in [-0.3, -0.25) is 14.9 Å². The largest absolute Gasteiger partial charge is 0.290 e. The van der Waals surface area contributed by atoms with Crippen molar-refractivity contribution < 1.29 is 0 Å². The van der Waals surface area contributed by atoms with E-state index in [1.54, 1.807) is 4.68 Å². The molecule has 0 aliphatic carbocycles. The van der Waals surface area contributed by atoms with Crippen LogP contribution in [0.4, 0.5) is 5.69 Å². The summed E-state index contributed by atoms with van der Waals surface area (Å²) in [7, 11) is 0. The minimum atomic E-state index is -0.143. The van der Waals surface area contributed by atoms with Gasteiger partial charge in [-0.05, 0) is 43.7 Å². The molecule has 1 N–H and O–H groups in total. The molecule has 0 atom stereocenters. The van der Waals surface area contributed by atoms with Crippen molar-refractivity contribution in [1.29, 1.82) is 0 Å². The smallest absolute Gasteiger partial charge is 0.280 e. The number of aromatic nitrogens is 2. The second-order valence-electron chi connectivity index (χ2n) is 6.79. The molecule has 1 heterocycles. The Labute approximate surface area is 174 Å². The van der Waals surface area contributed by atoms with Crippen LogP contribution in [0.1, 0.15) is 18.1 Å². The van der Waals surface area contributed by atoms with E-state index in [0.29, 0.717) is 16.3 Å². The highest BCUT2D eigenvalue weighted by molar-refractivity contribution is 6.31. The molecule has 3 aromatic carbocycles. The monoisotopic (exact) mass is 401 g/mol. The zero-order valence-corrected chi connectivity index (χ0v) is 16.9. The van der Waals surface area contributed by atoms with E-state index in [0.717, 1.165) is 28.2 Å². The van der Waals surface area contributed by atoms with E-state index in [1.807, 2.05) is 92.7 Å². The highest BCUT2D eigenvalue weighted by Crippen LogP contribution is 2.27. The van der Waals surface area contributed by atoms with Crippen molar-refractivity contribution in [3.63, 3.8) is 0 Å². The first-order valence-electron chi connectivity index (χ1n) is 9.33. The fourth-order valence-electron chi connectivity index (χ4n) is 3.30. The zero-order chi connectivity index (χ0) is 20.4. The third-order valence-corrected chi connectivity index (χ3v) is 5.27. The second-order valence-corrected chi connectivity index (χ2v) is 7.19. The minimum Gasteiger partial charge on any atom is -0.290 e. The third kappa shape index (κ3) is 3.67. The number of benzene rings is 3. The fraction of sp³-hybridized carbons (Fsp3) is 0.0833. The van der Waals surface area contributed by atoms with Gasteiger partial charge in [-0.15, -0.1) is 0 Å². The predicted octanol–water partition coefficient (Wildman–Crippen LogP) is 5.94. The summed E-state index contributed by atoms with van der Waals surface area (Å²) in [6.07, 6.45) is 0. The molecule has 144 valence electrons. The van der Waals surface area contributed by atoms with Gasteiger partial charge in [-0.1, -0.05) is 66.2 Å². The van der Waals surface area contributed by atoms with E-state index in [4.69, 9.17) is 16.6 Å². The van der Waals surface area contributed by atoms with Gasteiger partial charge in [0.25, 0.3) is 5.56 Å². The molecule has 4 rings (SSSR count). The average molecular weight is 402 g/mol. The lowest BCUT2D eigenvalue weighted by molar-refractivity contribution is 0.852. The number of para-hydroxylation sites is 1. The number of aliphatic imine (C=N–C) groups is 1. The van der Waals surface area contributed by atoms with E-state index in [1.165, 1.54) is 0 Å². The number of nitrogens with zero attached hydrogens (tertiary/aromatic N) is 2. The van der Waals surface area contributed by atoms with Crippen LogP contribution in [0.25, 0.3) is 16.9 Å². The Hall–Kier alpha value is -3.37. The molecule has 0 spiro atoms. The number of halogens is 1. The topological polar surface area (TPSA) is 50.1 Å². The van der Waals surface area contributed by atoms with Gasteiger partial charge in [0.15, 0.2) is 0 Å². The van der Waals surface area contributed by atoms with Crippen molar-refractivity contribution >= 4 is 23.0 Å². The summed E-state index contributed by atoms with van der Waals surface area (Å²) < 4.78 is 1.56. The van der Waals surface area contributed by atoms with E-state index >= 15 is 0 Å². The molecular formula is C24H20ClN3O. The lowest BCUT2D eigenvalue weighted by Gasteiger charge is -2.05. The molecule has 1 aromatic heterocycles. The number of hydrogen-bond donors (Lipinski definition) is 1. The highest BCUT2D eigenvalue weighted by Gasteiger charge is 2.19. The quantitative estimate of drug-likeness (QED) is 0.423. The van der Waals surface area contributed by atoms with Gasteiger partial charge >= 0.3 is 0 Å². The van der Waals surface area contributed by atoms with Crippen LogP contribution in [-0.2, 0) is 0 Å². The second kappa shape index (κ2) is 7.94. The predicted molar refractivity (Wildman–Crippen MR) is 120 cm³/mol. The fourth-order valence-corrected chi connectivity index (χ4v) is 3.47. The maximum atomic E-state index is 13.4. The van der Waals surface area contributed by atoms with Gasteiger partial charge in [-0.25, -0.2) is 4.68 Å². The lowest BCUT2D eigenvalue weighted by Crippen LogP contribution is -2.19. The number of hydrogen-bond acceptors (Lipinski definition) is 2. The molecule has 0 saturated heterocycles. The first-order valence-corrected chi connectivity index (χ1v) is 9.70. The van der Waals surface area contributed by atoms with Crippen molar-refractivity contribution in [1.82, 2.24) is 9.78 Å². The summed E-state index contributed by atoms with van der Waals surface area (Å²) in [5.74, 6) is 0. The SMILES string of the molecule is CC(=Nc1cccc(Cl)c1C)c1c(-c2ccccc2)[nH]n(-c2ccccc2)c1=O. The highest BCUT2D eigenvalue weighted by atomic mass is 35.5. The Bertz CT molecular complexity index is 1240. The molecule has 0 unspecified atom stereocenters. The summed E-state index contributed by atoms with van der Waals surface area (Å²) in [5.41, 5.74) is 5.09. The first kappa shape index (κ1) is 19.0. The molecule has 0 aliphatic rings. The molecule has 0 aliphatic heterocycles. The van der Waals surface area contributed by atoms with Crippen LogP contribution in [0.3, 0.4) is 0 Å². The summed E-state index contributed by atoms with van der Waals surface area (Å²) in [4.78, 5) is 18.1. The van der Waals surface area contributed by atoms with Crippen molar-refractivity contribution in [2.24, 2.45) is 4.99 Å².